The normalized spacial score (nSPS) is 10.4. The van der Waals surface area contributed by atoms with Gasteiger partial charge in [0.25, 0.3) is 5.91 Å². The third-order valence-corrected chi connectivity index (χ3v) is 3.20. The second kappa shape index (κ2) is 7.73. The summed E-state index contributed by atoms with van der Waals surface area (Å²) >= 11 is 0. The molecule has 2 aromatic rings. The third kappa shape index (κ3) is 4.54. The number of nitrogens with one attached hydrogen (secondary N) is 1. The number of para-hydroxylation sites is 1. The molecule has 0 aliphatic heterocycles. The van der Waals surface area contributed by atoms with Crippen molar-refractivity contribution < 1.29 is 19.5 Å². The van der Waals surface area contributed by atoms with Crippen molar-refractivity contribution in [2.75, 3.05) is 17.3 Å². The number of carbonyl (C=O) groups is 3. The van der Waals surface area contributed by atoms with E-state index in [2.05, 4.69) is 5.32 Å². The fourth-order valence-corrected chi connectivity index (χ4v) is 2.02. The number of nitrogens with zero attached hydrogens (tertiary/aromatic N) is 1. The van der Waals surface area contributed by atoms with Gasteiger partial charge in [-0.3, -0.25) is 9.59 Å². The van der Waals surface area contributed by atoms with Gasteiger partial charge in [-0.25, -0.2) is 4.79 Å². The molecule has 0 saturated carbocycles. The van der Waals surface area contributed by atoms with Crippen molar-refractivity contribution in [2.24, 2.45) is 0 Å². The maximum Gasteiger partial charge on any atom is 0.328 e. The van der Waals surface area contributed by atoms with Crippen LogP contribution in [-0.2, 0) is 9.59 Å². The van der Waals surface area contributed by atoms with Crippen LogP contribution in [0.5, 0.6) is 0 Å². The quantitative estimate of drug-likeness (QED) is 0.828. The first-order valence-corrected chi connectivity index (χ1v) is 7.12. The van der Waals surface area contributed by atoms with Crippen LogP contribution in [0.15, 0.2) is 66.7 Å². The van der Waals surface area contributed by atoms with Crippen LogP contribution in [0.1, 0.15) is 10.4 Å². The summed E-state index contributed by atoms with van der Waals surface area (Å²) in [4.78, 5) is 36.0. The zero-order chi connectivity index (χ0) is 17.5. The molecule has 122 valence electrons. The first-order valence-electron chi connectivity index (χ1n) is 7.12. The maximum atomic E-state index is 12.5. The lowest BCUT2D eigenvalue weighted by atomic mass is 10.1. The Morgan fingerprint density at radius 3 is 2.38 bits per heavy atom. The van der Waals surface area contributed by atoms with Crippen molar-refractivity contribution in [1.29, 1.82) is 0 Å². The molecular formula is C18H16N2O4. The average Bonchev–Trinajstić information content (AvgIpc) is 2.59. The van der Waals surface area contributed by atoms with Crippen LogP contribution < -0.4 is 10.2 Å². The van der Waals surface area contributed by atoms with Gasteiger partial charge in [0.05, 0.1) is 0 Å². The zero-order valence-electron chi connectivity index (χ0n) is 13.0. The average molecular weight is 324 g/mol. The van der Waals surface area contributed by atoms with Crippen LogP contribution in [-0.4, -0.2) is 29.9 Å². The smallest absolute Gasteiger partial charge is 0.328 e. The lowest BCUT2D eigenvalue weighted by Gasteiger charge is -2.17. The number of aliphatic carboxylic acids is 1. The Morgan fingerprint density at radius 1 is 1.00 bits per heavy atom. The van der Waals surface area contributed by atoms with Crippen molar-refractivity contribution in [3.8, 4) is 0 Å². The predicted octanol–water partition coefficient (Wildman–Crippen LogP) is 2.54. The summed E-state index contributed by atoms with van der Waals surface area (Å²) < 4.78 is 0. The van der Waals surface area contributed by atoms with E-state index in [-0.39, 0.29) is 5.91 Å². The number of anilines is 2. The standard InChI is InChI=1S/C18H16N2O4/c1-20(15-8-3-2-4-9-15)18(24)13-6-5-7-14(12-13)19-16(21)10-11-17(22)23/h2-12H,1H3,(H,19,21)(H,22,23)/b11-10+. The van der Waals surface area contributed by atoms with E-state index in [1.54, 1.807) is 25.2 Å². The Kier molecular flexibility index (Phi) is 5.46. The largest absolute Gasteiger partial charge is 0.478 e. The Balaban J connectivity index is 2.13. The van der Waals surface area contributed by atoms with Crippen molar-refractivity contribution in [3.63, 3.8) is 0 Å². The van der Waals surface area contributed by atoms with Gasteiger partial charge >= 0.3 is 5.97 Å². The van der Waals surface area contributed by atoms with Crippen LogP contribution >= 0.6 is 0 Å². The highest BCUT2D eigenvalue weighted by Crippen LogP contribution is 2.17. The van der Waals surface area contributed by atoms with Crippen LogP contribution in [0.25, 0.3) is 0 Å². The first kappa shape index (κ1) is 17.0. The molecule has 2 rings (SSSR count). The molecule has 24 heavy (non-hydrogen) atoms. The van der Waals surface area contributed by atoms with E-state index in [0.29, 0.717) is 11.3 Å². The van der Waals surface area contributed by atoms with E-state index < -0.39 is 11.9 Å². The molecule has 0 saturated heterocycles. The van der Waals surface area contributed by atoms with E-state index >= 15 is 0 Å². The van der Waals surface area contributed by atoms with E-state index in [0.717, 1.165) is 17.8 Å². The highest BCUT2D eigenvalue weighted by molar-refractivity contribution is 6.07. The molecule has 0 fully saturated rings. The second-order valence-corrected chi connectivity index (χ2v) is 4.94. The molecule has 0 heterocycles. The van der Waals surface area contributed by atoms with Crippen molar-refractivity contribution >= 4 is 29.2 Å². The minimum absolute atomic E-state index is 0.224. The fraction of sp³-hybridized carbons (Fsp3) is 0.0556. The highest BCUT2D eigenvalue weighted by Gasteiger charge is 2.13. The Labute approximate surface area is 139 Å². The van der Waals surface area contributed by atoms with E-state index in [4.69, 9.17) is 5.11 Å². The molecule has 2 amide bonds. The summed E-state index contributed by atoms with van der Waals surface area (Å²) in [5.74, 6) is -2.02. The fourth-order valence-electron chi connectivity index (χ4n) is 2.02. The van der Waals surface area contributed by atoms with Gasteiger partial charge in [0, 0.05) is 36.1 Å². The van der Waals surface area contributed by atoms with Gasteiger partial charge in [-0.15, -0.1) is 0 Å². The predicted molar refractivity (Wildman–Crippen MR) is 91.0 cm³/mol. The number of benzene rings is 2. The van der Waals surface area contributed by atoms with Crippen LogP contribution in [0, 0.1) is 0 Å². The third-order valence-electron chi connectivity index (χ3n) is 3.20. The van der Waals surface area contributed by atoms with Crippen molar-refractivity contribution in [1.82, 2.24) is 0 Å². The van der Waals surface area contributed by atoms with E-state index in [1.165, 1.54) is 11.0 Å². The summed E-state index contributed by atoms with van der Waals surface area (Å²) in [6, 6.07) is 15.6. The molecule has 0 aliphatic carbocycles. The lowest BCUT2D eigenvalue weighted by Crippen LogP contribution is -2.26. The van der Waals surface area contributed by atoms with Gasteiger partial charge in [-0.05, 0) is 30.3 Å². The number of rotatable bonds is 5. The molecule has 0 bridgehead atoms. The lowest BCUT2D eigenvalue weighted by molar-refractivity contribution is -0.131. The molecule has 6 nitrogen and oxygen atoms in total. The summed E-state index contributed by atoms with van der Waals surface area (Å²) in [5, 5.41) is 11.0. The Hall–Kier alpha value is -3.41. The zero-order valence-corrected chi connectivity index (χ0v) is 13.0. The summed E-state index contributed by atoms with van der Waals surface area (Å²) in [7, 11) is 1.67. The molecule has 0 aromatic heterocycles. The number of hydrogen-bond donors (Lipinski definition) is 2. The van der Waals surface area contributed by atoms with Crippen molar-refractivity contribution in [2.45, 2.75) is 0 Å². The van der Waals surface area contributed by atoms with E-state index in [9.17, 15) is 14.4 Å². The van der Waals surface area contributed by atoms with Crippen LogP contribution in [0.4, 0.5) is 11.4 Å². The van der Waals surface area contributed by atoms with Gasteiger partial charge in [0.15, 0.2) is 0 Å². The van der Waals surface area contributed by atoms with Gasteiger partial charge in [-0.1, -0.05) is 24.3 Å². The number of carbonyl (C=O) groups excluding carboxylic acids is 2. The number of carboxylic acid groups (broad SMARTS) is 1. The molecule has 0 unspecified atom stereocenters. The van der Waals surface area contributed by atoms with Crippen LogP contribution in [0.2, 0.25) is 0 Å². The molecule has 0 spiro atoms. The number of amides is 2. The Morgan fingerprint density at radius 2 is 1.71 bits per heavy atom. The molecule has 2 N–H and O–H groups in total. The van der Waals surface area contributed by atoms with E-state index in [1.807, 2.05) is 30.3 Å². The van der Waals surface area contributed by atoms with Gasteiger partial charge in [0.2, 0.25) is 5.91 Å². The second-order valence-electron chi connectivity index (χ2n) is 4.94. The first-order chi connectivity index (χ1) is 11.5. The minimum atomic E-state index is -1.21. The summed E-state index contributed by atoms with van der Waals surface area (Å²) in [6.07, 6.45) is 1.65. The summed E-state index contributed by atoms with van der Waals surface area (Å²) in [6.45, 7) is 0. The highest BCUT2D eigenvalue weighted by atomic mass is 16.4. The monoisotopic (exact) mass is 324 g/mol. The van der Waals surface area contributed by atoms with Gasteiger partial charge in [-0.2, -0.15) is 0 Å². The molecule has 0 aliphatic rings. The van der Waals surface area contributed by atoms with Crippen molar-refractivity contribution in [3.05, 3.63) is 72.3 Å². The topological polar surface area (TPSA) is 86.7 Å². The molecule has 0 atom stereocenters. The minimum Gasteiger partial charge on any atom is -0.478 e. The van der Waals surface area contributed by atoms with Crippen LogP contribution in [0.3, 0.4) is 0 Å². The molecule has 2 aromatic carbocycles. The molecular weight excluding hydrogens is 308 g/mol. The molecule has 0 radical (unpaired) electrons. The SMILES string of the molecule is CN(C(=O)c1cccc(NC(=O)/C=C/C(=O)O)c1)c1ccccc1. The van der Waals surface area contributed by atoms with Gasteiger partial charge in [0.1, 0.15) is 0 Å². The number of carboxylic acids is 1. The maximum absolute atomic E-state index is 12.5. The van der Waals surface area contributed by atoms with Gasteiger partial charge < -0.3 is 15.3 Å². The Bertz CT molecular complexity index is 785. The number of hydrogen-bond acceptors (Lipinski definition) is 3. The molecule has 6 heteroatoms. The summed E-state index contributed by atoms with van der Waals surface area (Å²) in [5.41, 5.74) is 1.56.